The molecule has 1 heterocycles. The molecule has 1 rings (SSSR count). The maximum Gasteiger partial charge on any atom is 0.410 e. The Morgan fingerprint density at radius 2 is 2.06 bits per heavy atom. The van der Waals surface area contributed by atoms with Crippen molar-refractivity contribution in [1.29, 1.82) is 0 Å². The van der Waals surface area contributed by atoms with Crippen LogP contribution in [0.1, 0.15) is 34.6 Å². The van der Waals surface area contributed by atoms with E-state index in [1.165, 1.54) is 4.90 Å². The van der Waals surface area contributed by atoms with Gasteiger partial charge in [0.2, 0.25) is 0 Å². The number of β-amino-alcohol motifs (C(OH)–C–C–N with tert-alkyl or cyclic N) is 1. The van der Waals surface area contributed by atoms with E-state index in [9.17, 15) is 15.0 Å². The van der Waals surface area contributed by atoms with Gasteiger partial charge in [0.1, 0.15) is 5.60 Å². The molecule has 5 nitrogen and oxygen atoms in total. The van der Waals surface area contributed by atoms with E-state index in [2.05, 4.69) is 0 Å². The van der Waals surface area contributed by atoms with Gasteiger partial charge < -0.3 is 14.9 Å². The van der Waals surface area contributed by atoms with Crippen molar-refractivity contribution >= 4 is 6.09 Å². The molecule has 0 unspecified atom stereocenters. The number of likely N-dealkylation sites (tertiary alicyclic amines) is 1. The van der Waals surface area contributed by atoms with Gasteiger partial charge in [-0.1, -0.05) is 6.92 Å². The second-order valence-corrected chi connectivity index (χ2v) is 6.00. The Bertz CT molecular complexity index is 295. The van der Waals surface area contributed by atoms with Crippen molar-refractivity contribution < 1.29 is 19.7 Å². The molecule has 2 N–H and O–H groups in total. The number of hydrogen-bond acceptors (Lipinski definition) is 4. The molecule has 0 radical (unpaired) electrons. The maximum atomic E-state index is 11.9. The molecule has 0 aromatic heterocycles. The molecule has 0 bridgehead atoms. The standard InChI is InChI=1S/C12H23NO4/c1-8-9(6-14)13(7-12(8,5)16)10(15)17-11(2,3)4/h8-9,14,16H,6-7H2,1-5H3/t8-,9-,12-/m1/s1. The average molecular weight is 245 g/mol. The molecule has 0 saturated carbocycles. The van der Waals surface area contributed by atoms with E-state index < -0.39 is 17.3 Å². The summed E-state index contributed by atoms with van der Waals surface area (Å²) >= 11 is 0. The van der Waals surface area contributed by atoms with E-state index in [0.717, 1.165) is 0 Å². The number of ether oxygens (including phenoxy) is 1. The lowest BCUT2D eigenvalue weighted by molar-refractivity contribution is 0.0120. The summed E-state index contributed by atoms with van der Waals surface area (Å²) in [5.74, 6) is -0.181. The highest BCUT2D eigenvalue weighted by Gasteiger charge is 2.48. The molecule has 1 fully saturated rings. The number of hydrogen-bond donors (Lipinski definition) is 2. The van der Waals surface area contributed by atoms with Crippen LogP contribution in [0.4, 0.5) is 4.79 Å². The smallest absolute Gasteiger partial charge is 0.410 e. The zero-order chi connectivity index (χ0) is 13.4. The van der Waals surface area contributed by atoms with Crippen molar-refractivity contribution in [3.05, 3.63) is 0 Å². The normalized spacial score (nSPS) is 33.9. The highest BCUT2D eigenvalue weighted by atomic mass is 16.6. The van der Waals surface area contributed by atoms with Crippen LogP contribution in [-0.4, -0.2) is 51.6 Å². The molecule has 0 aromatic rings. The fraction of sp³-hybridized carbons (Fsp3) is 0.917. The van der Waals surface area contributed by atoms with Gasteiger partial charge in [0.15, 0.2) is 0 Å². The molecule has 1 amide bonds. The third kappa shape index (κ3) is 3.10. The highest BCUT2D eigenvalue weighted by molar-refractivity contribution is 5.69. The Kier molecular flexibility index (Phi) is 3.74. The van der Waals surface area contributed by atoms with E-state index in [1.54, 1.807) is 27.7 Å². The molecule has 0 aromatic carbocycles. The van der Waals surface area contributed by atoms with E-state index in [0.29, 0.717) is 0 Å². The quantitative estimate of drug-likeness (QED) is 0.722. The minimum Gasteiger partial charge on any atom is -0.444 e. The van der Waals surface area contributed by atoms with Crippen LogP contribution in [0.2, 0.25) is 0 Å². The first-order chi connectivity index (χ1) is 7.58. The number of aliphatic hydroxyl groups excluding tert-OH is 1. The number of carbonyl (C=O) groups is 1. The molecule has 1 saturated heterocycles. The van der Waals surface area contributed by atoms with Gasteiger partial charge in [-0.15, -0.1) is 0 Å². The first-order valence-electron chi connectivity index (χ1n) is 5.91. The van der Waals surface area contributed by atoms with Crippen molar-refractivity contribution in [1.82, 2.24) is 4.90 Å². The van der Waals surface area contributed by atoms with Crippen LogP contribution >= 0.6 is 0 Å². The summed E-state index contributed by atoms with van der Waals surface area (Å²) in [6, 6.07) is -0.389. The molecule has 0 spiro atoms. The van der Waals surface area contributed by atoms with Gasteiger partial charge in [0.25, 0.3) is 0 Å². The Morgan fingerprint density at radius 1 is 1.53 bits per heavy atom. The van der Waals surface area contributed by atoms with E-state index in [1.807, 2.05) is 6.92 Å². The minimum absolute atomic E-state index is 0.170. The van der Waals surface area contributed by atoms with Gasteiger partial charge in [0.05, 0.1) is 24.8 Å². The van der Waals surface area contributed by atoms with Crippen molar-refractivity contribution in [2.24, 2.45) is 5.92 Å². The lowest BCUT2D eigenvalue weighted by atomic mass is 9.90. The molecular weight excluding hydrogens is 222 g/mol. The fourth-order valence-electron chi connectivity index (χ4n) is 2.07. The molecule has 1 aliphatic heterocycles. The predicted molar refractivity (Wildman–Crippen MR) is 63.6 cm³/mol. The summed E-state index contributed by atoms with van der Waals surface area (Å²) in [5.41, 5.74) is -1.56. The Hall–Kier alpha value is -0.810. The third-order valence-corrected chi connectivity index (χ3v) is 3.26. The highest BCUT2D eigenvalue weighted by Crippen LogP contribution is 2.33. The Morgan fingerprint density at radius 3 is 2.47 bits per heavy atom. The zero-order valence-electron chi connectivity index (χ0n) is 11.2. The van der Waals surface area contributed by atoms with Crippen LogP contribution < -0.4 is 0 Å². The molecule has 3 atom stereocenters. The second-order valence-electron chi connectivity index (χ2n) is 6.00. The van der Waals surface area contributed by atoms with Gasteiger partial charge in [0, 0.05) is 5.92 Å². The summed E-state index contributed by atoms with van der Waals surface area (Å²) in [6.07, 6.45) is -0.485. The molecule has 100 valence electrons. The maximum absolute atomic E-state index is 11.9. The van der Waals surface area contributed by atoms with Crippen LogP contribution in [0, 0.1) is 5.92 Å². The summed E-state index contributed by atoms with van der Waals surface area (Å²) in [6.45, 7) is 8.88. The molecule has 1 aliphatic rings. The minimum atomic E-state index is -0.982. The monoisotopic (exact) mass is 245 g/mol. The van der Waals surface area contributed by atoms with Crippen LogP contribution in [0.3, 0.4) is 0 Å². The predicted octanol–water partition coefficient (Wildman–Crippen LogP) is 0.985. The fourth-order valence-corrected chi connectivity index (χ4v) is 2.07. The number of carbonyl (C=O) groups excluding carboxylic acids is 1. The number of rotatable bonds is 1. The first-order valence-corrected chi connectivity index (χ1v) is 5.91. The summed E-state index contributed by atoms with van der Waals surface area (Å²) in [4.78, 5) is 13.4. The van der Waals surface area contributed by atoms with E-state index >= 15 is 0 Å². The van der Waals surface area contributed by atoms with Crippen LogP contribution in [-0.2, 0) is 4.74 Å². The van der Waals surface area contributed by atoms with Gasteiger partial charge in [-0.3, -0.25) is 4.90 Å². The summed E-state index contributed by atoms with van der Waals surface area (Å²) in [7, 11) is 0. The van der Waals surface area contributed by atoms with E-state index in [4.69, 9.17) is 4.74 Å². The van der Waals surface area contributed by atoms with E-state index in [-0.39, 0.29) is 25.1 Å². The van der Waals surface area contributed by atoms with Crippen LogP contribution in [0.25, 0.3) is 0 Å². The van der Waals surface area contributed by atoms with Gasteiger partial charge >= 0.3 is 6.09 Å². The van der Waals surface area contributed by atoms with Gasteiger partial charge in [-0.05, 0) is 27.7 Å². The van der Waals surface area contributed by atoms with Crippen molar-refractivity contribution in [3.63, 3.8) is 0 Å². The third-order valence-electron chi connectivity index (χ3n) is 3.26. The first kappa shape index (κ1) is 14.3. The second kappa shape index (κ2) is 4.46. The summed E-state index contributed by atoms with van der Waals surface area (Å²) in [5, 5.41) is 19.4. The summed E-state index contributed by atoms with van der Waals surface area (Å²) < 4.78 is 5.26. The average Bonchev–Trinajstić information content (AvgIpc) is 2.36. The van der Waals surface area contributed by atoms with Crippen molar-refractivity contribution in [2.45, 2.75) is 51.9 Å². The van der Waals surface area contributed by atoms with Crippen LogP contribution in [0.5, 0.6) is 0 Å². The van der Waals surface area contributed by atoms with Gasteiger partial charge in [-0.2, -0.15) is 0 Å². The molecule has 5 heteroatoms. The Balaban J connectivity index is 2.81. The lowest BCUT2D eigenvalue weighted by Crippen LogP contribution is -2.42. The largest absolute Gasteiger partial charge is 0.444 e. The number of amides is 1. The van der Waals surface area contributed by atoms with Crippen molar-refractivity contribution in [3.8, 4) is 0 Å². The molecule has 17 heavy (non-hydrogen) atoms. The topological polar surface area (TPSA) is 70.0 Å². The SMILES string of the molecule is C[C@@H]1[C@@H](CO)N(C(=O)OC(C)(C)C)C[C@@]1(C)O. The molecular formula is C12H23NO4. The van der Waals surface area contributed by atoms with Crippen molar-refractivity contribution in [2.75, 3.05) is 13.2 Å². The van der Waals surface area contributed by atoms with Gasteiger partial charge in [-0.25, -0.2) is 4.79 Å². The number of aliphatic hydroxyl groups is 2. The number of nitrogens with zero attached hydrogens (tertiary/aromatic N) is 1. The molecule has 0 aliphatic carbocycles. The lowest BCUT2D eigenvalue weighted by Gasteiger charge is -2.28. The zero-order valence-corrected chi connectivity index (χ0v) is 11.2. The van der Waals surface area contributed by atoms with Crippen LogP contribution in [0.15, 0.2) is 0 Å². The Labute approximate surface area is 102 Å².